The van der Waals surface area contributed by atoms with Gasteiger partial charge in [-0.2, -0.15) is 0 Å². The second-order valence-corrected chi connectivity index (χ2v) is 9.59. The summed E-state index contributed by atoms with van der Waals surface area (Å²) in [5, 5.41) is 1.57. The molecule has 8 heteroatoms. The monoisotopic (exact) mass is 488 g/mol. The molecule has 0 saturated carbocycles. The van der Waals surface area contributed by atoms with E-state index in [9.17, 15) is 9.59 Å². The number of nitrogens with zero attached hydrogens (tertiary/aromatic N) is 4. The predicted molar refractivity (Wildman–Crippen MR) is 137 cm³/mol. The van der Waals surface area contributed by atoms with Gasteiger partial charge in [-0.25, -0.2) is 9.97 Å². The molecule has 0 N–H and O–H groups in total. The third-order valence-electron chi connectivity index (χ3n) is 5.57. The van der Waals surface area contributed by atoms with Crippen molar-refractivity contribution in [3.05, 3.63) is 110 Å². The molecule has 0 amide bonds. The van der Waals surface area contributed by atoms with E-state index in [2.05, 4.69) is 18.8 Å². The largest absolute Gasteiger partial charge is 0.269 e. The first kappa shape index (κ1) is 22.4. The number of benzene rings is 2. The summed E-state index contributed by atoms with van der Waals surface area (Å²) in [4.78, 5) is 35.6. The van der Waals surface area contributed by atoms with Crippen molar-refractivity contribution < 1.29 is 0 Å². The minimum Gasteiger partial charge on any atom is -0.269 e. The lowest BCUT2D eigenvalue weighted by Gasteiger charge is -2.18. The smallest absolute Gasteiger partial charge is 0.266 e. The first-order valence-corrected chi connectivity index (χ1v) is 12.2. The van der Waals surface area contributed by atoms with Gasteiger partial charge in [-0.15, -0.1) is 0 Å². The van der Waals surface area contributed by atoms with E-state index in [4.69, 9.17) is 16.6 Å². The van der Waals surface area contributed by atoms with Crippen LogP contribution in [0.3, 0.4) is 0 Å². The number of thioether (sulfide) groups is 1. The van der Waals surface area contributed by atoms with Crippen LogP contribution in [0, 0.1) is 0 Å². The van der Waals surface area contributed by atoms with Crippen LogP contribution in [0.15, 0.2) is 87.7 Å². The van der Waals surface area contributed by atoms with Gasteiger partial charge in [0.25, 0.3) is 11.1 Å². The molecular formula is C26H21ClN4O2S. The van der Waals surface area contributed by atoms with Crippen LogP contribution < -0.4 is 11.1 Å². The molecule has 34 heavy (non-hydrogen) atoms. The zero-order chi connectivity index (χ0) is 23.8. The van der Waals surface area contributed by atoms with Crippen LogP contribution in [0.2, 0.25) is 5.02 Å². The van der Waals surface area contributed by atoms with Crippen LogP contribution in [-0.4, -0.2) is 18.9 Å². The molecule has 0 aliphatic rings. The molecule has 0 aliphatic heterocycles. The fourth-order valence-corrected chi connectivity index (χ4v) is 5.00. The summed E-state index contributed by atoms with van der Waals surface area (Å²) in [5.41, 5.74) is 3.28. The molecule has 0 fully saturated rings. The number of hydrogen-bond donors (Lipinski definition) is 0. The van der Waals surface area contributed by atoms with Gasteiger partial charge in [0.05, 0.1) is 27.3 Å². The highest BCUT2D eigenvalue weighted by molar-refractivity contribution is 7.98. The first-order valence-electron chi connectivity index (χ1n) is 10.8. The second-order valence-electron chi connectivity index (χ2n) is 8.22. The summed E-state index contributed by atoms with van der Waals surface area (Å²) in [7, 11) is 0. The van der Waals surface area contributed by atoms with Crippen molar-refractivity contribution in [2.75, 3.05) is 0 Å². The van der Waals surface area contributed by atoms with E-state index in [0.29, 0.717) is 38.2 Å². The van der Waals surface area contributed by atoms with Crippen molar-refractivity contribution in [3.63, 3.8) is 0 Å². The van der Waals surface area contributed by atoms with Gasteiger partial charge in [-0.05, 0) is 41.8 Å². The summed E-state index contributed by atoms with van der Waals surface area (Å²) >= 11 is 7.39. The molecule has 0 unspecified atom stereocenters. The average molecular weight is 489 g/mol. The lowest BCUT2D eigenvalue weighted by molar-refractivity contribution is 0.780. The molecule has 0 radical (unpaired) electrons. The van der Waals surface area contributed by atoms with Crippen molar-refractivity contribution in [2.45, 2.75) is 30.7 Å². The molecule has 0 spiro atoms. The Morgan fingerprint density at radius 3 is 2.56 bits per heavy atom. The van der Waals surface area contributed by atoms with Crippen LogP contribution in [0.25, 0.3) is 22.2 Å². The van der Waals surface area contributed by atoms with Crippen LogP contribution in [0.1, 0.15) is 31.0 Å². The summed E-state index contributed by atoms with van der Waals surface area (Å²) in [6.45, 7) is 4.20. The van der Waals surface area contributed by atoms with Crippen LogP contribution in [0.5, 0.6) is 0 Å². The summed E-state index contributed by atoms with van der Waals surface area (Å²) in [5.74, 6) is 0.602. The van der Waals surface area contributed by atoms with Crippen molar-refractivity contribution in [3.8, 4) is 5.69 Å². The van der Waals surface area contributed by atoms with Crippen molar-refractivity contribution in [1.82, 2.24) is 18.9 Å². The Labute approximate surface area is 204 Å². The van der Waals surface area contributed by atoms with Crippen LogP contribution in [-0.2, 0) is 5.75 Å². The van der Waals surface area contributed by atoms with Gasteiger partial charge in [0.15, 0.2) is 5.16 Å². The van der Waals surface area contributed by atoms with Gasteiger partial charge in [0.2, 0.25) is 0 Å². The Balaban J connectivity index is 1.63. The molecule has 0 saturated heterocycles. The normalized spacial score (nSPS) is 11.5. The lowest BCUT2D eigenvalue weighted by Crippen LogP contribution is -2.23. The summed E-state index contributed by atoms with van der Waals surface area (Å²) in [6, 6.07) is 20.1. The molecule has 5 aromatic rings. The van der Waals surface area contributed by atoms with Crippen LogP contribution >= 0.6 is 23.4 Å². The van der Waals surface area contributed by atoms with Crippen LogP contribution in [0.4, 0.5) is 0 Å². The highest BCUT2D eigenvalue weighted by Gasteiger charge is 2.17. The Kier molecular flexibility index (Phi) is 5.98. The molecule has 0 atom stereocenters. The SMILES string of the molecule is CC(C)c1ccccc1-n1c(SCc2cc(=O)n3cc(Cl)ccc3n2)nc2ccccc2c1=O. The fraction of sp³-hybridized carbons (Fsp3) is 0.154. The molecule has 3 heterocycles. The number of aromatic nitrogens is 4. The molecule has 170 valence electrons. The Morgan fingerprint density at radius 1 is 0.971 bits per heavy atom. The van der Waals surface area contributed by atoms with Crippen molar-refractivity contribution in [1.29, 1.82) is 0 Å². The van der Waals surface area contributed by atoms with Gasteiger partial charge >= 0.3 is 0 Å². The minimum atomic E-state index is -0.211. The third-order valence-corrected chi connectivity index (χ3v) is 6.77. The van der Waals surface area contributed by atoms with Gasteiger partial charge in [-0.1, -0.05) is 67.5 Å². The van der Waals surface area contributed by atoms with Gasteiger partial charge in [0.1, 0.15) is 5.65 Å². The van der Waals surface area contributed by atoms with E-state index >= 15 is 0 Å². The van der Waals surface area contributed by atoms with E-state index in [1.165, 1.54) is 22.2 Å². The zero-order valence-electron chi connectivity index (χ0n) is 18.6. The number of para-hydroxylation sites is 2. The van der Waals surface area contributed by atoms with E-state index in [0.717, 1.165) is 11.3 Å². The van der Waals surface area contributed by atoms with E-state index in [1.807, 2.05) is 42.5 Å². The molecule has 3 aromatic heterocycles. The molecule has 0 aliphatic carbocycles. The molecule has 5 rings (SSSR count). The molecule has 0 bridgehead atoms. The summed E-state index contributed by atoms with van der Waals surface area (Å²) < 4.78 is 3.09. The number of pyridine rings is 1. The Hall–Kier alpha value is -3.42. The van der Waals surface area contributed by atoms with E-state index in [1.54, 1.807) is 29.0 Å². The second kappa shape index (κ2) is 9.08. The number of halogens is 1. The Bertz CT molecular complexity index is 1660. The maximum Gasteiger partial charge on any atom is 0.266 e. The molecule has 6 nitrogen and oxygen atoms in total. The Morgan fingerprint density at radius 2 is 1.74 bits per heavy atom. The molecule has 2 aromatic carbocycles. The van der Waals surface area contributed by atoms with Gasteiger partial charge < -0.3 is 0 Å². The lowest BCUT2D eigenvalue weighted by atomic mass is 10.0. The van der Waals surface area contributed by atoms with Gasteiger partial charge in [0, 0.05) is 18.0 Å². The zero-order valence-corrected chi connectivity index (χ0v) is 20.2. The number of hydrogen-bond acceptors (Lipinski definition) is 5. The maximum atomic E-state index is 13.6. The summed E-state index contributed by atoms with van der Waals surface area (Å²) in [6.07, 6.45) is 1.55. The van der Waals surface area contributed by atoms with E-state index < -0.39 is 0 Å². The topological polar surface area (TPSA) is 69.3 Å². The first-order chi connectivity index (χ1) is 16.4. The number of fused-ring (bicyclic) bond motifs is 2. The minimum absolute atomic E-state index is 0.123. The van der Waals surface area contributed by atoms with E-state index in [-0.39, 0.29) is 17.0 Å². The quantitative estimate of drug-likeness (QED) is 0.242. The highest BCUT2D eigenvalue weighted by atomic mass is 35.5. The van der Waals surface area contributed by atoms with Gasteiger partial charge in [-0.3, -0.25) is 18.6 Å². The third kappa shape index (κ3) is 4.13. The predicted octanol–water partition coefficient (Wildman–Crippen LogP) is 5.46. The van der Waals surface area contributed by atoms with Crippen molar-refractivity contribution in [2.24, 2.45) is 0 Å². The number of rotatable bonds is 5. The standard InChI is InChI=1S/C26H21ClN4O2S/c1-16(2)19-7-4-6-10-22(19)31-25(33)20-8-3-5-9-21(20)29-26(31)34-15-18-13-24(32)30-14-17(27)11-12-23(30)28-18/h3-14,16H,15H2,1-2H3. The molecular weight excluding hydrogens is 468 g/mol. The average Bonchev–Trinajstić information content (AvgIpc) is 2.83. The van der Waals surface area contributed by atoms with Crippen molar-refractivity contribution >= 4 is 39.9 Å². The highest BCUT2D eigenvalue weighted by Crippen LogP contribution is 2.28. The maximum absolute atomic E-state index is 13.6. The fourth-order valence-electron chi connectivity index (χ4n) is 3.94.